The molecule has 0 spiro atoms. The van der Waals surface area contributed by atoms with E-state index in [0.29, 0.717) is 0 Å². The van der Waals surface area contributed by atoms with Gasteiger partial charge in [0.05, 0.1) is 0 Å². The Labute approximate surface area is 101 Å². The van der Waals surface area contributed by atoms with Crippen molar-refractivity contribution in [3.8, 4) is 0 Å². The molecule has 0 aromatic rings. The number of diazo groups is 1. The summed E-state index contributed by atoms with van der Waals surface area (Å²) in [6.07, 6.45) is -2.89. The lowest BCUT2D eigenvalue weighted by atomic mass is 10.1. The van der Waals surface area contributed by atoms with Gasteiger partial charge in [-0.25, -0.2) is 0 Å². The van der Waals surface area contributed by atoms with Crippen LogP contribution in [0.15, 0.2) is 23.1 Å². The van der Waals surface area contributed by atoms with Gasteiger partial charge in [-0.15, -0.1) is 0 Å². The van der Waals surface area contributed by atoms with Crippen molar-refractivity contribution in [3.63, 3.8) is 0 Å². The quantitative estimate of drug-likeness (QED) is 0.602. The minimum absolute atomic E-state index is 0.259. The normalized spacial score (nSPS) is 28.8. The Balaban J connectivity index is 2.91. The molecule has 0 bridgehead atoms. The third-order valence-corrected chi connectivity index (χ3v) is 3.36. The highest BCUT2D eigenvalue weighted by atomic mass is 35.5. The van der Waals surface area contributed by atoms with Crippen molar-refractivity contribution >= 4 is 11.6 Å². The topological polar surface area (TPSA) is 48.4 Å². The van der Waals surface area contributed by atoms with E-state index >= 15 is 0 Å². The van der Waals surface area contributed by atoms with Crippen LogP contribution in [0.2, 0.25) is 0 Å². The molecular weight excluding hydrogens is 257 g/mol. The summed E-state index contributed by atoms with van der Waals surface area (Å²) in [5.41, 5.74) is -0.545. The number of alkyl halides is 3. The molecule has 0 aliphatic heterocycles. The van der Waals surface area contributed by atoms with Crippen LogP contribution in [0.1, 0.15) is 13.8 Å². The number of hydrogen-bond acceptors (Lipinski definition) is 2. The molecule has 0 unspecified atom stereocenters. The van der Waals surface area contributed by atoms with Crippen LogP contribution in [-0.4, -0.2) is 11.3 Å². The van der Waals surface area contributed by atoms with E-state index in [1.54, 1.807) is 13.8 Å². The zero-order chi connectivity index (χ0) is 13.4. The highest BCUT2D eigenvalue weighted by Crippen LogP contribution is 2.62. The molecule has 0 heterocycles. The summed E-state index contributed by atoms with van der Waals surface area (Å²) in [7, 11) is 0. The van der Waals surface area contributed by atoms with E-state index in [4.69, 9.17) is 17.0 Å². The van der Waals surface area contributed by atoms with Crippen LogP contribution in [0.3, 0.4) is 0 Å². The number of rotatable bonds is 2. The van der Waals surface area contributed by atoms with Gasteiger partial charge in [-0.3, -0.25) is 0 Å². The molecule has 3 nitrogen and oxygen atoms in total. The number of halogens is 4. The average Bonchev–Trinajstić information content (AvgIpc) is 2.67. The number of hydrogen-bond donors (Lipinski definition) is 1. The molecule has 1 aliphatic rings. The molecule has 0 aromatic heterocycles. The van der Waals surface area contributed by atoms with Crippen LogP contribution in [0, 0.1) is 22.6 Å². The fourth-order valence-corrected chi connectivity index (χ4v) is 2.08. The Hall–Kier alpha value is -1.22. The van der Waals surface area contributed by atoms with E-state index in [1.807, 2.05) is 0 Å². The molecule has 0 saturated heterocycles. The monoisotopic (exact) mass is 267 g/mol. The minimum Gasteiger partial charge on any atom is -0.505 e. The van der Waals surface area contributed by atoms with Gasteiger partial charge in [-0.2, -0.15) is 13.2 Å². The predicted octanol–water partition coefficient (Wildman–Crippen LogP) is 4.20. The highest BCUT2D eigenvalue weighted by Gasteiger charge is 2.60. The fraction of sp³-hybridized carbons (Fsp3) is 0.600. The van der Waals surface area contributed by atoms with Crippen LogP contribution >= 0.6 is 11.6 Å². The van der Waals surface area contributed by atoms with Gasteiger partial charge in [0.1, 0.15) is 5.03 Å². The van der Waals surface area contributed by atoms with Crippen LogP contribution in [0.5, 0.6) is 0 Å². The SMILES string of the molecule is CC1(C)[C@H](/C=C(\Cl)C(F)(F)F)[C@@H]1/C(O)=C/[N+]#N. The molecule has 7 heteroatoms. The lowest BCUT2D eigenvalue weighted by molar-refractivity contribution is -0.0848. The Morgan fingerprint density at radius 3 is 2.41 bits per heavy atom. The van der Waals surface area contributed by atoms with Gasteiger partial charge >= 0.3 is 12.4 Å². The van der Waals surface area contributed by atoms with E-state index in [1.165, 1.54) is 0 Å². The first-order chi connectivity index (χ1) is 7.62. The first-order valence-electron chi connectivity index (χ1n) is 4.80. The maximum absolute atomic E-state index is 12.2. The standard InChI is InChI=1S/C10H10ClF3N2O/c1-9(2)5(3-7(11)10(12,13)14)8(9)6(17)4-16-15/h3-5,8H,1-2H3/p+1/b6-4-,7-3-/t5-,8-/m1/s1. The molecule has 1 fully saturated rings. The van der Waals surface area contributed by atoms with E-state index in [-0.39, 0.29) is 5.76 Å². The Kier molecular flexibility index (Phi) is 3.44. The summed E-state index contributed by atoms with van der Waals surface area (Å²) in [6, 6.07) is 0. The fourth-order valence-electron chi connectivity index (χ4n) is 1.95. The van der Waals surface area contributed by atoms with Gasteiger partial charge in [0.25, 0.3) is 0 Å². The summed E-state index contributed by atoms with van der Waals surface area (Å²) < 4.78 is 36.7. The molecule has 1 aliphatic carbocycles. The second-order valence-electron chi connectivity index (χ2n) is 4.51. The van der Waals surface area contributed by atoms with Crippen molar-refractivity contribution in [1.29, 1.82) is 5.39 Å². The number of aliphatic hydroxyl groups is 1. The van der Waals surface area contributed by atoms with Crippen molar-refractivity contribution in [1.82, 2.24) is 0 Å². The van der Waals surface area contributed by atoms with Gasteiger partial charge in [0.2, 0.25) is 5.39 Å². The molecule has 94 valence electrons. The largest absolute Gasteiger partial charge is 0.505 e. The molecule has 17 heavy (non-hydrogen) atoms. The summed E-state index contributed by atoms with van der Waals surface area (Å²) in [5, 5.41) is 16.5. The Bertz CT molecular complexity index is 420. The van der Waals surface area contributed by atoms with Crippen LogP contribution in [0.4, 0.5) is 13.2 Å². The van der Waals surface area contributed by atoms with Gasteiger partial charge in [-0.05, 0) is 11.3 Å². The van der Waals surface area contributed by atoms with E-state index in [9.17, 15) is 18.3 Å². The second-order valence-corrected chi connectivity index (χ2v) is 4.91. The maximum atomic E-state index is 12.2. The Morgan fingerprint density at radius 2 is 2.00 bits per heavy atom. The minimum atomic E-state index is -4.58. The van der Waals surface area contributed by atoms with Crippen molar-refractivity contribution in [3.05, 3.63) is 28.0 Å². The molecule has 1 saturated carbocycles. The maximum Gasteiger partial charge on any atom is 0.426 e. The molecule has 1 N–H and O–H groups in total. The zero-order valence-corrected chi connectivity index (χ0v) is 9.92. The van der Waals surface area contributed by atoms with E-state index < -0.39 is 28.5 Å². The van der Waals surface area contributed by atoms with E-state index in [0.717, 1.165) is 12.3 Å². The summed E-state index contributed by atoms with van der Waals surface area (Å²) in [6.45, 7) is 3.39. The molecule has 1 rings (SSSR count). The van der Waals surface area contributed by atoms with Crippen molar-refractivity contribution < 1.29 is 18.3 Å². The first kappa shape index (κ1) is 13.8. The lowest BCUT2D eigenvalue weighted by Gasteiger charge is -2.04. The lowest BCUT2D eigenvalue weighted by Crippen LogP contribution is -2.07. The number of nitrogens with zero attached hydrogens (tertiary/aromatic N) is 2. The third-order valence-electron chi connectivity index (χ3n) is 3.02. The smallest absolute Gasteiger partial charge is 0.426 e. The van der Waals surface area contributed by atoms with Crippen molar-refractivity contribution in [2.45, 2.75) is 20.0 Å². The molecule has 0 amide bonds. The first-order valence-corrected chi connectivity index (χ1v) is 5.18. The number of aliphatic hydroxyl groups excluding tert-OH is 1. The Morgan fingerprint density at radius 1 is 1.47 bits per heavy atom. The highest BCUT2D eigenvalue weighted by molar-refractivity contribution is 6.30. The van der Waals surface area contributed by atoms with Gasteiger partial charge in [0.15, 0.2) is 10.7 Å². The number of allylic oxidation sites excluding steroid dienone is 3. The van der Waals surface area contributed by atoms with Crippen LogP contribution in [-0.2, 0) is 0 Å². The molecule has 0 aromatic carbocycles. The average molecular weight is 268 g/mol. The van der Waals surface area contributed by atoms with Crippen LogP contribution < -0.4 is 0 Å². The third kappa shape index (κ3) is 2.72. The van der Waals surface area contributed by atoms with E-state index in [2.05, 4.69) is 4.98 Å². The van der Waals surface area contributed by atoms with Gasteiger partial charge in [0, 0.05) is 5.92 Å². The van der Waals surface area contributed by atoms with Gasteiger partial charge in [-0.1, -0.05) is 31.5 Å². The van der Waals surface area contributed by atoms with Crippen LogP contribution in [0.25, 0.3) is 4.98 Å². The van der Waals surface area contributed by atoms with Crippen molar-refractivity contribution in [2.24, 2.45) is 17.3 Å². The molecule has 2 atom stereocenters. The van der Waals surface area contributed by atoms with Crippen molar-refractivity contribution in [2.75, 3.05) is 0 Å². The molecular formula is C10H11ClF3N2O+. The second kappa shape index (κ2) is 4.22. The summed E-state index contributed by atoms with van der Waals surface area (Å²) in [5.74, 6) is -1.31. The predicted molar refractivity (Wildman–Crippen MR) is 56.5 cm³/mol. The van der Waals surface area contributed by atoms with Gasteiger partial charge < -0.3 is 5.11 Å². The molecule has 0 radical (unpaired) electrons. The zero-order valence-electron chi connectivity index (χ0n) is 9.16. The summed E-state index contributed by atoms with van der Waals surface area (Å²) in [4.78, 5) is 2.64. The summed E-state index contributed by atoms with van der Waals surface area (Å²) >= 11 is 5.13.